The molecule has 1 heterocycles. The molecule has 2 aliphatic rings. The minimum absolute atomic E-state index is 0.123. The molecule has 3 heteroatoms. The maximum atomic E-state index is 12.3. The molecule has 1 amide bonds. The van der Waals surface area contributed by atoms with Gasteiger partial charge in [-0.3, -0.25) is 0 Å². The lowest BCUT2D eigenvalue weighted by Gasteiger charge is -2.37. The third-order valence-corrected chi connectivity index (χ3v) is 3.71. The molecule has 1 aliphatic carbocycles. The highest BCUT2D eigenvalue weighted by Gasteiger charge is 2.57. The Hall–Kier alpha value is -0.730. The summed E-state index contributed by atoms with van der Waals surface area (Å²) in [6, 6.07) is 0.787. The van der Waals surface area contributed by atoms with E-state index in [0.29, 0.717) is 12.1 Å². The summed E-state index contributed by atoms with van der Waals surface area (Å²) in [6.07, 6.45) is 2.20. The van der Waals surface area contributed by atoms with Crippen LogP contribution in [0.1, 0.15) is 54.4 Å². The van der Waals surface area contributed by atoms with Crippen LogP contribution in [0.4, 0.5) is 4.79 Å². The molecule has 3 unspecified atom stereocenters. The third kappa shape index (κ3) is 2.58. The number of piperidine rings is 1. The van der Waals surface area contributed by atoms with Crippen LogP contribution in [-0.4, -0.2) is 28.7 Å². The lowest BCUT2D eigenvalue weighted by atomic mass is 9.84. The maximum absolute atomic E-state index is 12.3. The number of hydrogen-bond acceptors (Lipinski definition) is 2. The summed E-state index contributed by atoms with van der Waals surface area (Å²) in [5, 5.41) is 0. The number of likely N-dealkylation sites (tertiary alicyclic amines) is 1. The maximum Gasteiger partial charge on any atom is 0.410 e. The van der Waals surface area contributed by atoms with E-state index >= 15 is 0 Å². The van der Waals surface area contributed by atoms with E-state index in [2.05, 4.69) is 20.8 Å². The Morgan fingerprint density at radius 2 is 1.71 bits per heavy atom. The Morgan fingerprint density at radius 1 is 1.12 bits per heavy atom. The van der Waals surface area contributed by atoms with Crippen LogP contribution >= 0.6 is 0 Å². The number of carbonyl (C=O) groups is 1. The van der Waals surface area contributed by atoms with Crippen LogP contribution in [0.5, 0.6) is 0 Å². The molecule has 0 spiro atoms. The number of fused-ring (bicyclic) bond motifs is 1. The van der Waals surface area contributed by atoms with Crippen LogP contribution < -0.4 is 0 Å². The van der Waals surface area contributed by atoms with Gasteiger partial charge < -0.3 is 9.64 Å². The normalized spacial score (nSPS) is 32.4. The summed E-state index contributed by atoms with van der Waals surface area (Å²) in [5.41, 5.74) is -0.253. The minimum atomic E-state index is -0.396. The average Bonchev–Trinajstić information content (AvgIpc) is 2.71. The van der Waals surface area contributed by atoms with Crippen LogP contribution in [0.2, 0.25) is 0 Å². The summed E-state index contributed by atoms with van der Waals surface area (Å²) >= 11 is 0. The number of nitrogens with zero attached hydrogens (tertiary/aromatic N) is 1. The van der Waals surface area contributed by atoms with E-state index in [4.69, 9.17) is 4.74 Å². The SMILES string of the molecule is CC(C)(C)OC(=O)N1C2CC2CC1C(C)(C)C. The Kier molecular flexibility index (Phi) is 2.72. The van der Waals surface area contributed by atoms with E-state index in [1.54, 1.807) is 0 Å². The first-order chi connectivity index (χ1) is 7.59. The highest BCUT2D eigenvalue weighted by Crippen LogP contribution is 2.52. The van der Waals surface area contributed by atoms with Crippen molar-refractivity contribution < 1.29 is 9.53 Å². The van der Waals surface area contributed by atoms with Gasteiger partial charge in [-0.25, -0.2) is 4.79 Å². The zero-order valence-electron chi connectivity index (χ0n) is 11.9. The molecule has 0 N–H and O–H groups in total. The van der Waals surface area contributed by atoms with Gasteiger partial charge in [-0.05, 0) is 44.9 Å². The molecule has 1 saturated heterocycles. The molecule has 1 saturated carbocycles. The molecule has 0 bridgehead atoms. The van der Waals surface area contributed by atoms with Crippen LogP contribution in [0.3, 0.4) is 0 Å². The van der Waals surface area contributed by atoms with Crippen LogP contribution in [0, 0.1) is 11.3 Å². The van der Waals surface area contributed by atoms with Crippen molar-refractivity contribution in [3.05, 3.63) is 0 Å². The zero-order valence-corrected chi connectivity index (χ0v) is 11.9. The second-order valence-corrected chi connectivity index (χ2v) is 7.57. The van der Waals surface area contributed by atoms with Crippen molar-refractivity contribution in [2.24, 2.45) is 11.3 Å². The lowest BCUT2D eigenvalue weighted by molar-refractivity contribution is 0.00638. The van der Waals surface area contributed by atoms with Crippen molar-refractivity contribution in [1.82, 2.24) is 4.90 Å². The molecule has 2 rings (SSSR count). The summed E-state index contributed by atoms with van der Waals surface area (Å²) < 4.78 is 5.53. The van der Waals surface area contributed by atoms with Crippen LogP contribution in [-0.2, 0) is 4.74 Å². The van der Waals surface area contributed by atoms with Gasteiger partial charge in [-0.2, -0.15) is 0 Å². The number of amides is 1. The van der Waals surface area contributed by atoms with Gasteiger partial charge in [0.2, 0.25) is 0 Å². The average molecular weight is 239 g/mol. The summed E-state index contributed by atoms with van der Waals surface area (Å²) in [5.74, 6) is 0.728. The summed E-state index contributed by atoms with van der Waals surface area (Å²) in [7, 11) is 0. The molecule has 1 aliphatic heterocycles. The van der Waals surface area contributed by atoms with E-state index in [1.807, 2.05) is 25.7 Å². The first-order valence-electron chi connectivity index (χ1n) is 6.61. The fraction of sp³-hybridized carbons (Fsp3) is 0.929. The van der Waals surface area contributed by atoms with E-state index < -0.39 is 5.60 Å². The van der Waals surface area contributed by atoms with Crippen molar-refractivity contribution in [3.8, 4) is 0 Å². The molecule has 0 aromatic heterocycles. The van der Waals surface area contributed by atoms with Crippen molar-refractivity contribution in [2.45, 2.75) is 72.1 Å². The second-order valence-electron chi connectivity index (χ2n) is 7.57. The number of carbonyl (C=O) groups excluding carboxylic acids is 1. The molecule has 0 aromatic carbocycles. The van der Waals surface area contributed by atoms with E-state index in [9.17, 15) is 4.79 Å². The Labute approximate surface area is 105 Å². The Balaban J connectivity index is 2.10. The fourth-order valence-electron chi connectivity index (χ4n) is 2.81. The number of rotatable bonds is 0. The van der Waals surface area contributed by atoms with Crippen LogP contribution in [0.25, 0.3) is 0 Å². The third-order valence-electron chi connectivity index (χ3n) is 3.71. The van der Waals surface area contributed by atoms with Crippen molar-refractivity contribution in [2.75, 3.05) is 0 Å². The number of hydrogen-bond donors (Lipinski definition) is 0. The van der Waals surface area contributed by atoms with Crippen LogP contribution in [0.15, 0.2) is 0 Å². The Bertz CT molecular complexity index is 324. The predicted octanol–water partition coefficient (Wildman–Crippen LogP) is 3.43. The molecular formula is C14H25NO2. The zero-order chi connectivity index (χ0) is 13.0. The van der Waals surface area contributed by atoms with Crippen molar-refractivity contribution in [3.63, 3.8) is 0 Å². The lowest BCUT2D eigenvalue weighted by Crippen LogP contribution is -2.47. The van der Waals surface area contributed by atoms with E-state index in [0.717, 1.165) is 12.3 Å². The highest BCUT2D eigenvalue weighted by molar-refractivity contribution is 5.70. The molecule has 0 aromatic rings. The van der Waals surface area contributed by atoms with E-state index in [-0.39, 0.29) is 11.5 Å². The van der Waals surface area contributed by atoms with Gasteiger partial charge in [-0.15, -0.1) is 0 Å². The summed E-state index contributed by atoms with van der Waals surface area (Å²) in [4.78, 5) is 14.3. The van der Waals surface area contributed by atoms with Crippen molar-refractivity contribution in [1.29, 1.82) is 0 Å². The fourth-order valence-corrected chi connectivity index (χ4v) is 2.81. The van der Waals surface area contributed by atoms with Gasteiger partial charge in [0.05, 0.1) is 0 Å². The van der Waals surface area contributed by atoms with Gasteiger partial charge in [0.25, 0.3) is 0 Å². The molecule has 0 radical (unpaired) electrons. The molecular weight excluding hydrogens is 214 g/mol. The molecule has 3 nitrogen and oxygen atoms in total. The van der Waals surface area contributed by atoms with Gasteiger partial charge >= 0.3 is 6.09 Å². The standard InChI is InChI=1S/C14H25NO2/c1-13(2,3)11-8-9-7-10(9)15(11)12(16)17-14(4,5)6/h9-11H,7-8H2,1-6H3. The summed E-state index contributed by atoms with van der Waals surface area (Å²) in [6.45, 7) is 12.4. The number of ether oxygens (including phenoxy) is 1. The first kappa shape index (κ1) is 12.7. The first-order valence-corrected chi connectivity index (χ1v) is 6.61. The van der Waals surface area contributed by atoms with Gasteiger partial charge in [0.15, 0.2) is 0 Å². The topological polar surface area (TPSA) is 29.5 Å². The molecule has 17 heavy (non-hydrogen) atoms. The molecule has 2 fully saturated rings. The quantitative estimate of drug-likeness (QED) is 0.648. The van der Waals surface area contributed by atoms with E-state index in [1.165, 1.54) is 6.42 Å². The predicted molar refractivity (Wildman–Crippen MR) is 67.8 cm³/mol. The molecule has 3 atom stereocenters. The highest BCUT2D eigenvalue weighted by atomic mass is 16.6. The van der Waals surface area contributed by atoms with Gasteiger partial charge in [0.1, 0.15) is 5.60 Å². The Morgan fingerprint density at radius 3 is 2.18 bits per heavy atom. The second kappa shape index (κ2) is 3.63. The largest absolute Gasteiger partial charge is 0.444 e. The van der Waals surface area contributed by atoms with Gasteiger partial charge in [-0.1, -0.05) is 20.8 Å². The minimum Gasteiger partial charge on any atom is -0.444 e. The molecule has 98 valence electrons. The smallest absolute Gasteiger partial charge is 0.410 e. The van der Waals surface area contributed by atoms with Crippen molar-refractivity contribution >= 4 is 6.09 Å². The van der Waals surface area contributed by atoms with Gasteiger partial charge in [0, 0.05) is 12.1 Å². The monoisotopic (exact) mass is 239 g/mol.